The molecule has 0 atom stereocenters. The fourth-order valence-electron chi connectivity index (χ4n) is 1.02. The summed E-state index contributed by atoms with van der Waals surface area (Å²) in [6.45, 7) is 6.92. The first-order chi connectivity index (χ1) is 6.20. The molecule has 0 aromatic rings. The molecule has 0 radical (unpaired) electrons. The number of hydrogen-bond donors (Lipinski definition) is 2. The van der Waals surface area contributed by atoms with Crippen LogP contribution in [0.1, 0.15) is 13.8 Å². The molecule has 2 N–H and O–H groups in total. The Morgan fingerprint density at radius 2 is 2.15 bits per heavy atom. The Kier molecular flexibility index (Phi) is 4.18. The minimum absolute atomic E-state index is 0.0760. The maximum Gasteiger partial charge on any atom is 0.222 e. The molecule has 1 aliphatic rings. The van der Waals surface area contributed by atoms with Crippen molar-refractivity contribution in [3.63, 3.8) is 0 Å². The van der Waals surface area contributed by atoms with Gasteiger partial charge in [-0.15, -0.1) is 0 Å². The van der Waals surface area contributed by atoms with E-state index in [2.05, 4.69) is 10.6 Å². The van der Waals surface area contributed by atoms with Gasteiger partial charge in [0.1, 0.15) is 0 Å². The van der Waals surface area contributed by atoms with Gasteiger partial charge in [-0.05, 0) is 0 Å². The van der Waals surface area contributed by atoms with E-state index in [9.17, 15) is 4.79 Å². The predicted molar refractivity (Wildman–Crippen MR) is 50.5 cm³/mol. The first-order valence-corrected chi connectivity index (χ1v) is 4.79. The molecule has 0 aliphatic carbocycles. The molecule has 76 valence electrons. The summed E-state index contributed by atoms with van der Waals surface area (Å²) < 4.78 is 5.00. The van der Waals surface area contributed by atoms with Crippen LogP contribution < -0.4 is 10.6 Å². The summed E-state index contributed by atoms with van der Waals surface area (Å²) >= 11 is 0. The van der Waals surface area contributed by atoms with E-state index < -0.39 is 0 Å². The number of amides is 1. The number of carbonyl (C=O) groups excluding carboxylic acids is 1. The summed E-state index contributed by atoms with van der Waals surface area (Å²) in [5.41, 5.74) is 0. The van der Waals surface area contributed by atoms with E-state index in [1.54, 1.807) is 0 Å². The highest BCUT2D eigenvalue weighted by atomic mass is 16.5. The van der Waals surface area contributed by atoms with Crippen LogP contribution in [0.2, 0.25) is 0 Å². The lowest BCUT2D eigenvalue weighted by atomic mass is 10.2. The third-order valence-corrected chi connectivity index (χ3v) is 2.02. The van der Waals surface area contributed by atoms with Crippen LogP contribution in [0, 0.1) is 5.92 Å². The summed E-state index contributed by atoms with van der Waals surface area (Å²) in [6.07, 6.45) is 0. The van der Waals surface area contributed by atoms with Crippen LogP contribution in [0.25, 0.3) is 0 Å². The zero-order chi connectivity index (χ0) is 9.68. The minimum atomic E-state index is 0.0760. The number of nitrogens with one attached hydrogen (secondary N) is 2. The Balaban J connectivity index is 1.91. The van der Waals surface area contributed by atoms with Crippen LogP contribution in [0.5, 0.6) is 0 Å². The van der Waals surface area contributed by atoms with Gasteiger partial charge in [0.15, 0.2) is 0 Å². The van der Waals surface area contributed by atoms with Crippen molar-refractivity contribution in [2.45, 2.75) is 19.9 Å². The zero-order valence-corrected chi connectivity index (χ0v) is 8.30. The lowest BCUT2D eigenvalue weighted by Gasteiger charge is -2.27. The van der Waals surface area contributed by atoms with Gasteiger partial charge in [-0.25, -0.2) is 0 Å². The third kappa shape index (κ3) is 3.74. The minimum Gasteiger partial charge on any atom is -0.378 e. The van der Waals surface area contributed by atoms with Crippen molar-refractivity contribution in [1.82, 2.24) is 10.6 Å². The van der Waals surface area contributed by atoms with Crippen molar-refractivity contribution >= 4 is 5.91 Å². The van der Waals surface area contributed by atoms with Gasteiger partial charge in [0, 0.05) is 19.0 Å². The largest absolute Gasteiger partial charge is 0.378 e. The molecule has 1 aliphatic heterocycles. The molecule has 0 bridgehead atoms. The molecule has 1 heterocycles. The van der Waals surface area contributed by atoms with Crippen LogP contribution in [0.3, 0.4) is 0 Å². The molecular weight excluding hydrogens is 168 g/mol. The van der Waals surface area contributed by atoms with E-state index in [0.29, 0.717) is 12.6 Å². The van der Waals surface area contributed by atoms with Gasteiger partial charge >= 0.3 is 0 Å². The first kappa shape index (κ1) is 10.5. The van der Waals surface area contributed by atoms with Gasteiger partial charge < -0.3 is 15.4 Å². The molecular formula is C9H18N2O2. The third-order valence-electron chi connectivity index (χ3n) is 2.02. The fourth-order valence-corrected chi connectivity index (χ4v) is 1.02. The molecule has 0 aromatic heterocycles. The Bertz CT molecular complexity index is 167. The van der Waals surface area contributed by atoms with E-state index in [0.717, 1.165) is 19.8 Å². The lowest BCUT2D eigenvalue weighted by molar-refractivity contribution is -0.123. The van der Waals surface area contributed by atoms with E-state index in [4.69, 9.17) is 4.74 Å². The quantitative estimate of drug-likeness (QED) is 0.582. The molecule has 0 aromatic carbocycles. The second kappa shape index (κ2) is 5.19. The molecule has 1 rings (SSSR count). The molecule has 1 saturated heterocycles. The van der Waals surface area contributed by atoms with Crippen LogP contribution >= 0.6 is 0 Å². The van der Waals surface area contributed by atoms with Gasteiger partial charge in [-0.3, -0.25) is 4.79 Å². The number of hydrogen-bond acceptors (Lipinski definition) is 3. The average molecular weight is 186 g/mol. The summed E-state index contributed by atoms with van der Waals surface area (Å²) in [7, 11) is 0. The van der Waals surface area contributed by atoms with Crippen LogP contribution in [0.15, 0.2) is 0 Å². The van der Waals surface area contributed by atoms with Crippen molar-refractivity contribution in [3.05, 3.63) is 0 Å². The standard InChI is InChI=1S/C9H18N2O2/c1-7(2)9(12)11-4-3-10-8-5-13-6-8/h7-8,10H,3-6H2,1-2H3,(H,11,12). The fraction of sp³-hybridized carbons (Fsp3) is 0.889. The van der Waals surface area contributed by atoms with Crippen LogP contribution in [0.4, 0.5) is 0 Å². The molecule has 4 heteroatoms. The van der Waals surface area contributed by atoms with Gasteiger partial charge in [0.2, 0.25) is 5.91 Å². The van der Waals surface area contributed by atoms with Gasteiger partial charge in [0.25, 0.3) is 0 Å². The van der Waals surface area contributed by atoms with Crippen LogP contribution in [-0.4, -0.2) is 38.3 Å². The van der Waals surface area contributed by atoms with Gasteiger partial charge in [-0.1, -0.05) is 13.8 Å². The average Bonchev–Trinajstić information content (AvgIpc) is 2.00. The topological polar surface area (TPSA) is 50.4 Å². The second-order valence-electron chi connectivity index (χ2n) is 3.63. The van der Waals surface area contributed by atoms with Crippen molar-refractivity contribution in [2.24, 2.45) is 5.92 Å². The lowest BCUT2D eigenvalue weighted by Crippen LogP contribution is -2.48. The zero-order valence-electron chi connectivity index (χ0n) is 8.30. The maximum absolute atomic E-state index is 11.1. The summed E-state index contributed by atoms with van der Waals surface area (Å²) in [4.78, 5) is 11.1. The van der Waals surface area contributed by atoms with E-state index in [1.165, 1.54) is 0 Å². The highest BCUT2D eigenvalue weighted by Crippen LogP contribution is 1.97. The molecule has 0 unspecified atom stereocenters. The normalized spacial score (nSPS) is 17.2. The summed E-state index contributed by atoms with van der Waals surface area (Å²) in [5.74, 6) is 0.193. The van der Waals surface area contributed by atoms with E-state index >= 15 is 0 Å². The second-order valence-corrected chi connectivity index (χ2v) is 3.63. The molecule has 13 heavy (non-hydrogen) atoms. The molecule has 1 amide bonds. The first-order valence-electron chi connectivity index (χ1n) is 4.79. The number of carbonyl (C=O) groups is 1. The highest BCUT2D eigenvalue weighted by Gasteiger charge is 2.16. The van der Waals surface area contributed by atoms with Crippen molar-refractivity contribution in [2.75, 3.05) is 26.3 Å². The highest BCUT2D eigenvalue weighted by molar-refractivity contribution is 5.77. The van der Waals surface area contributed by atoms with Gasteiger partial charge in [-0.2, -0.15) is 0 Å². The molecule has 4 nitrogen and oxygen atoms in total. The van der Waals surface area contributed by atoms with Crippen molar-refractivity contribution < 1.29 is 9.53 Å². The van der Waals surface area contributed by atoms with Crippen molar-refractivity contribution in [3.8, 4) is 0 Å². The predicted octanol–water partition coefficient (Wildman–Crippen LogP) is -0.253. The molecule has 1 fully saturated rings. The summed E-state index contributed by atoms with van der Waals surface area (Å²) in [5, 5.41) is 6.12. The monoisotopic (exact) mass is 186 g/mol. The van der Waals surface area contributed by atoms with E-state index in [1.807, 2.05) is 13.8 Å². The van der Waals surface area contributed by atoms with Crippen molar-refractivity contribution in [1.29, 1.82) is 0 Å². The Labute approximate surface area is 79.0 Å². The Hall–Kier alpha value is -0.610. The van der Waals surface area contributed by atoms with E-state index in [-0.39, 0.29) is 11.8 Å². The number of ether oxygens (including phenoxy) is 1. The number of rotatable bonds is 5. The Morgan fingerprint density at radius 1 is 1.46 bits per heavy atom. The van der Waals surface area contributed by atoms with Crippen LogP contribution in [-0.2, 0) is 9.53 Å². The van der Waals surface area contributed by atoms with Gasteiger partial charge in [0.05, 0.1) is 19.3 Å². The smallest absolute Gasteiger partial charge is 0.222 e. The summed E-state index contributed by atoms with van der Waals surface area (Å²) in [6, 6.07) is 0.496. The molecule has 0 spiro atoms. The SMILES string of the molecule is CC(C)C(=O)NCCNC1COC1. The Morgan fingerprint density at radius 3 is 2.62 bits per heavy atom. The molecule has 0 saturated carbocycles. The maximum atomic E-state index is 11.1.